The number of aromatic amines is 1. The fraction of sp³-hybridized carbons (Fsp3) is 0.0714. The van der Waals surface area contributed by atoms with Crippen molar-refractivity contribution in [2.75, 3.05) is 7.11 Å². The SMILES string of the molecule is COc1cccc2[nH]c(-c3ccccc3[N+](=O)[O-])nc12. The van der Waals surface area contributed by atoms with Crippen molar-refractivity contribution in [1.29, 1.82) is 0 Å². The minimum atomic E-state index is -0.417. The van der Waals surface area contributed by atoms with Crippen LogP contribution in [0.25, 0.3) is 22.4 Å². The highest BCUT2D eigenvalue weighted by molar-refractivity contribution is 5.86. The van der Waals surface area contributed by atoms with E-state index in [1.165, 1.54) is 6.07 Å². The van der Waals surface area contributed by atoms with Crippen molar-refractivity contribution in [3.05, 3.63) is 52.6 Å². The van der Waals surface area contributed by atoms with Crippen molar-refractivity contribution in [2.45, 2.75) is 0 Å². The first-order chi connectivity index (χ1) is 9.70. The van der Waals surface area contributed by atoms with Gasteiger partial charge in [0.15, 0.2) is 0 Å². The minimum absolute atomic E-state index is 0.0190. The maximum absolute atomic E-state index is 11.1. The van der Waals surface area contributed by atoms with Crippen molar-refractivity contribution in [3.8, 4) is 17.1 Å². The number of benzene rings is 2. The predicted octanol–water partition coefficient (Wildman–Crippen LogP) is 3.15. The average Bonchev–Trinajstić information content (AvgIpc) is 2.90. The lowest BCUT2D eigenvalue weighted by Gasteiger charge is -1.98. The van der Waals surface area contributed by atoms with E-state index in [1.807, 2.05) is 12.1 Å². The lowest BCUT2D eigenvalue weighted by atomic mass is 10.2. The van der Waals surface area contributed by atoms with E-state index in [0.29, 0.717) is 22.7 Å². The molecule has 6 nitrogen and oxygen atoms in total. The summed E-state index contributed by atoms with van der Waals surface area (Å²) >= 11 is 0. The molecule has 0 saturated carbocycles. The van der Waals surface area contributed by atoms with E-state index in [4.69, 9.17) is 4.74 Å². The number of nitrogens with one attached hydrogen (secondary N) is 1. The highest BCUT2D eigenvalue weighted by Crippen LogP contribution is 2.31. The van der Waals surface area contributed by atoms with Crippen LogP contribution in [0.1, 0.15) is 0 Å². The lowest BCUT2D eigenvalue weighted by Crippen LogP contribution is -1.92. The molecule has 0 aliphatic carbocycles. The third-order valence-electron chi connectivity index (χ3n) is 3.05. The van der Waals surface area contributed by atoms with Crippen molar-refractivity contribution >= 4 is 16.7 Å². The van der Waals surface area contributed by atoms with E-state index in [9.17, 15) is 10.1 Å². The van der Waals surface area contributed by atoms with E-state index >= 15 is 0 Å². The fourth-order valence-electron chi connectivity index (χ4n) is 2.13. The molecule has 0 unspecified atom stereocenters. The molecule has 2 aromatic carbocycles. The summed E-state index contributed by atoms with van der Waals surface area (Å²) in [5.41, 5.74) is 1.90. The Bertz CT molecular complexity index is 795. The van der Waals surface area contributed by atoms with Gasteiger partial charge in [-0.1, -0.05) is 18.2 Å². The highest BCUT2D eigenvalue weighted by Gasteiger charge is 2.18. The zero-order chi connectivity index (χ0) is 14.1. The van der Waals surface area contributed by atoms with Crippen LogP contribution < -0.4 is 4.74 Å². The molecule has 1 aromatic heterocycles. The Kier molecular flexibility index (Phi) is 2.83. The summed E-state index contributed by atoms with van der Waals surface area (Å²) in [7, 11) is 1.56. The van der Waals surface area contributed by atoms with Crippen molar-refractivity contribution < 1.29 is 9.66 Å². The van der Waals surface area contributed by atoms with Gasteiger partial charge in [0.1, 0.15) is 17.1 Å². The number of methoxy groups -OCH3 is 1. The Morgan fingerprint density at radius 2 is 2.00 bits per heavy atom. The number of ether oxygens (including phenoxy) is 1. The average molecular weight is 269 g/mol. The molecule has 0 aliphatic heterocycles. The first-order valence-electron chi connectivity index (χ1n) is 5.97. The molecule has 3 rings (SSSR count). The van der Waals surface area contributed by atoms with Gasteiger partial charge in [-0.3, -0.25) is 10.1 Å². The van der Waals surface area contributed by atoms with Gasteiger partial charge in [0.25, 0.3) is 5.69 Å². The van der Waals surface area contributed by atoms with Crippen molar-refractivity contribution in [1.82, 2.24) is 9.97 Å². The number of aromatic nitrogens is 2. The highest BCUT2D eigenvalue weighted by atomic mass is 16.6. The molecular weight excluding hydrogens is 258 g/mol. The van der Waals surface area contributed by atoms with Crippen LogP contribution in [0.2, 0.25) is 0 Å². The second-order valence-corrected chi connectivity index (χ2v) is 4.22. The number of H-pyrrole nitrogens is 1. The van der Waals surface area contributed by atoms with Crippen LogP contribution in [-0.4, -0.2) is 22.0 Å². The largest absolute Gasteiger partial charge is 0.494 e. The molecule has 1 N–H and O–H groups in total. The van der Waals surface area contributed by atoms with Gasteiger partial charge in [-0.2, -0.15) is 0 Å². The Labute approximate surface area is 114 Å². The maximum Gasteiger partial charge on any atom is 0.280 e. The molecule has 6 heteroatoms. The molecule has 0 amide bonds. The number of fused-ring (bicyclic) bond motifs is 1. The number of rotatable bonds is 3. The van der Waals surface area contributed by atoms with Crippen LogP contribution in [0.5, 0.6) is 5.75 Å². The Balaban J connectivity index is 2.23. The first kappa shape index (κ1) is 12.2. The second kappa shape index (κ2) is 4.65. The number of hydrogen-bond donors (Lipinski definition) is 1. The number of nitro benzene ring substituents is 1. The number of nitrogens with zero attached hydrogens (tertiary/aromatic N) is 2. The van der Waals surface area contributed by atoms with Gasteiger partial charge in [0, 0.05) is 6.07 Å². The van der Waals surface area contributed by atoms with Crippen LogP contribution in [0.4, 0.5) is 5.69 Å². The zero-order valence-electron chi connectivity index (χ0n) is 10.7. The quantitative estimate of drug-likeness (QED) is 0.585. The molecule has 20 heavy (non-hydrogen) atoms. The van der Waals surface area contributed by atoms with E-state index < -0.39 is 4.92 Å². The molecular formula is C14H11N3O3. The molecule has 3 aromatic rings. The van der Waals surface area contributed by atoms with Gasteiger partial charge in [-0.05, 0) is 18.2 Å². The third kappa shape index (κ3) is 1.87. The Morgan fingerprint density at radius 3 is 2.75 bits per heavy atom. The third-order valence-corrected chi connectivity index (χ3v) is 3.05. The zero-order valence-corrected chi connectivity index (χ0v) is 10.7. The molecule has 0 fully saturated rings. The number of hydrogen-bond acceptors (Lipinski definition) is 4. The minimum Gasteiger partial charge on any atom is -0.494 e. The summed E-state index contributed by atoms with van der Waals surface area (Å²) in [4.78, 5) is 18.2. The van der Waals surface area contributed by atoms with Gasteiger partial charge in [-0.25, -0.2) is 4.98 Å². The summed E-state index contributed by atoms with van der Waals surface area (Å²) in [6, 6.07) is 12.0. The van der Waals surface area contributed by atoms with Crippen molar-refractivity contribution in [2.24, 2.45) is 0 Å². The van der Waals surface area contributed by atoms with E-state index in [0.717, 1.165) is 5.52 Å². The van der Waals surface area contributed by atoms with Gasteiger partial charge in [0.2, 0.25) is 0 Å². The van der Waals surface area contributed by atoms with Gasteiger partial charge < -0.3 is 9.72 Å². The Morgan fingerprint density at radius 1 is 1.20 bits per heavy atom. The number of imidazole rings is 1. The monoisotopic (exact) mass is 269 g/mol. The summed E-state index contributed by atoms with van der Waals surface area (Å²) in [5.74, 6) is 1.08. The van der Waals surface area contributed by atoms with Crippen LogP contribution in [0.15, 0.2) is 42.5 Å². The standard InChI is InChI=1S/C14H11N3O3/c1-20-12-8-4-6-10-13(12)16-14(15-10)9-5-2-3-7-11(9)17(18)19/h2-8H,1H3,(H,15,16). The Hall–Kier alpha value is -2.89. The second-order valence-electron chi connectivity index (χ2n) is 4.22. The molecule has 1 heterocycles. The normalized spacial score (nSPS) is 10.7. The molecule has 100 valence electrons. The molecule has 0 saturated heterocycles. The summed E-state index contributed by atoms with van der Waals surface area (Å²) in [6.45, 7) is 0. The number of para-hydroxylation sites is 2. The first-order valence-corrected chi connectivity index (χ1v) is 5.97. The van der Waals surface area contributed by atoms with E-state index in [1.54, 1.807) is 31.4 Å². The molecule has 0 radical (unpaired) electrons. The van der Waals surface area contributed by atoms with Gasteiger partial charge in [0.05, 0.1) is 23.1 Å². The molecule has 0 atom stereocenters. The summed E-state index contributed by atoms with van der Waals surface area (Å²) in [5, 5.41) is 11.1. The molecule has 0 aliphatic rings. The van der Waals surface area contributed by atoms with Crippen molar-refractivity contribution in [3.63, 3.8) is 0 Å². The van der Waals surface area contributed by atoms with Crippen LogP contribution >= 0.6 is 0 Å². The smallest absolute Gasteiger partial charge is 0.280 e. The lowest BCUT2D eigenvalue weighted by molar-refractivity contribution is -0.384. The van der Waals surface area contributed by atoms with E-state index in [-0.39, 0.29) is 5.69 Å². The van der Waals surface area contributed by atoms with Crippen LogP contribution in [-0.2, 0) is 0 Å². The van der Waals surface area contributed by atoms with Gasteiger partial charge in [-0.15, -0.1) is 0 Å². The van der Waals surface area contributed by atoms with Gasteiger partial charge >= 0.3 is 0 Å². The summed E-state index contributed by atoms with van der Waals surface area (Å²) in [6.07, 6.45) is 0. The summed E-state index contributed by atoms with van der Waals surface area (Å²) < 4.78 is 5.24. The fourth-order valence-corrected chi connectivity index (χ4v) is 2.13. The number of nitro groups is 1. The topological polar surface area (TPSA) is 81.0 Å². The van der Waals surface area contributed by atoms with E-state index in [2.05, 4.69) is 9.97 Å². The maximum atomic E-state index is 11.1. The molecule has 0 spiro atoms. The van der Waals surface area contributed by atoms with Crippen LogP contribution in [0, 0.1) is 10.1 Å². The predicted molar refractivity (Wildman–Crippen MR) is 74.7 cm³/mol. The molecule has 0 bridgehead atoms. The van der Waals surface area contributed by atoms with Crippen LogP contribution in [0.3, 0.4) is 0 Å².